The van der Waals surface area contributed by atoms with Crippen molar-refractivity contribution in [2.24, 2.45) is 0 Å². The van der Waals surface area contributed by atoms with E-state index in [1.54, 1.807) is 12.1 Å². The van der Waals surface area contributed by atoms with Crippen molar-refractivity contribution in [1.82, 2.24) is 15.3 Å². The van der Waals surface area contributed by atoms with Crippen LogP contribution in [0.4, 0.5) is 4.39 Å². The van der Waals surface area contributed by atoms with Crippen molar-refractivity contribution in [2.75, 3.05) is 0 Å². The summed E-state index contributed by atoms with van der Waals surface area (Å²) in [4.78, 5) is 21.0. The first-order valence-electron chi connectivity index (χ1n) is 6.90. The van der Waals surface area contributed by atoms with Gasteiger partial charge in [0.1, 0.15) is 5.82 Å². The second kappa shape index (κ2) is 5.89. The molecule has 0 atom stereocenters. The summed E-state index contributed by atoms with van der Waals surface area (Å²) in [6.45, 7) is 2.04. The van der Waals surface area contributed by atoms with Crippen LogP contribution in [-0.2, 0) is 6.54 Å². The van der Waals surface area contributed by atoms with Crippen LogP contribution in [0, 0.1) is 12.7 Å². The molecule has 0 spiro atoms. The number of benzene rings is 2. The molecule has 1 aromatic heterocycles. The van der Waals surface area contributed by atoms with Crippen molar-refractivity contribution in [3.8, 4) is 0 Å². The van der Waals surface area contributed by atoms with E-state index in [1.165, 1.54) is 12.1 Å². The van der Waals surface area contributed by atoms with Gasteiger partial charge in [-0.05, 0) is 31.2 Å². The molecule has 1 N–H and O–H groups in total. The van der Waals surface area contributed by atoms with Gasteiger partial charge in [0.2, 0.25) is 0 Å². The minimum atomic E-state index is -0.540. The van der Waals surface area contributed by atoms with Crippen molar-refractivity contribution >= 4 is 16.9 Å². The topological polar surface area (TPSA) is 54.9 Å². The van der Waals surface area contributed by atoms with Crippen LogP contribution in [-0.4, -0.2) is 15.9 Å². The number of halogens is 1. The SMILES string of the molecule is Cc1nc2ccccc2nc1CNC(=O)c1ccccc1F. The van der Waals surface area contributed by atoms with Crippen LogP contribution >= 0.6 is 0 Å². The van der Waals surface area contributed by atoms with Crippen molar-refractivity contribution in [1.29, 1.82) is 0 Å². The number of fused-ring (bicyclic) bond motifs is 1. The van der Waals surface area contributed by atoms with Gasteiger partial charge in [-0.2, -0.15) is 0 Å². The first kappa shape index (κ1) is 14.1. The standard InChI is InChI=1S/C17H14FN3O/c1-11-16(21-15-9-5-4-8-14(15)20-11)10-19-17(22)12-6-2-3-7-13(12)18/h2-9H,10H2,1H3,(H,19,22). The Hall–Kier alpha value is -2.82. The number of aryl methyl sites for hydroxylation is 1. The molecule has 0 aliphatic heterocycles. The first-order chi connectivity index (χ1) is 10.6. The molecule has 0 saturated heterocycles. The highest BCUT2D eigenvalue weighted by Crippen LogP contribution is 2.12. The number of hydrogen-bond acceptors (Lipinski definition) is 3. The Morgan fingerprint density at radius 3 is 2.41 bits per heavy atom. The largest absolute Gasteiger partial charge is 0.346 e. The van der Waals surface area contributed by atoms with Crippen LogP contribution in [0.25, 0.3) is 11.0 Å². The average molecular weight is 295 g/mol. The quantitative estimate of drug-likeness (QED) is 0.808. The Labute approximate surface area is 127 Å². The normalized spacial score (nSPS) is 10.6. The van der Waals surface area contributed by atoms with E-state index in [0.717, 1.165) is 16.7 Å². The summed E-state index contributed by atoms with van der Waals surface area (Å²) in [7, 11) is 0. The van der Waals surface area contributed by atoms with E-state index in [4.69, 9.17) is 0 Å². The summed E-state index contributed by atoms with van der Waals surface area (Å²) in [6.07, 6.45) is 0. The summed E-state index contributed by atoms with van der Waals surface area (Å²) in [6, 6.07) is 13.4. The third-order valence-corrected chi connectivity index (χ3v) is 3.38. The summed E-state index contributed by atoms with van der Waals surface area (Å²) in [5.41, 5.74) is 3.01. The monoisotopic (exact) mass is 295 g/mol. The van der Waals surface area contributed by atoms with Crippen LogP contribution in [0.15, 0.2) is 48.5 Å². The Bertz CT molecular complexity index is 848. The first-order valence-corrected chi connectivity index (χ1v) is 6.90. The number of rotatable bonds is 3. The predicted octanol–water partition coefficient (Wildman–Crippen LogP) is 3.01. The molecule has 1 amide bonds. The van der Waals surface area contributed by atoms with Crippen LogP contribution in [0.3, 0.4) is 0 Å². The molecular formula is C17H14FN3O. The molecule has 0 bridgehead atoms. The maximum atomic E-state index is 13.6. The molecule has 2 aromatic carbocycles. The fourth-order valence-corrected chi connectivity index (χ4v) is 2.20. The van der Waals surface area contributed by atoms with Gasteiger partial charge in [-0.25, -0.2) is 14.4 Å². The van der Waals surface area contributed by atoms with Crippen LogP contribution in [0.2, 0.25) is 0 Å². The maximum absolute atomic E-state index is 13.6. The van der Waals surface area contributed by atoms with Gasteiger partial charge in [-0.1, -0.05) is 24.3 Å². The lowest BCUT2D eigenvalue weighted by atomic mass is 10.2. The number of para-hydroxylation sites is 2. The minimum absolute atomic E-state index is 0.0221. The third-order valence-electron chi connectivity index (χ3n) is 3.38. The summed E-state index contributed by atoms with van der Waals surface area (Å²) in [5, 5.41) is 2.68. The Morgan fingerprint density at radius 1 is 1.05 bits per heavy atom. The van der Waals surface area contributed by atoms with Crippen LogP contribution in [0.1, 0.15) is 21.7 Å². The van der Waals surface area contributed by atoms with E-state index in [0.29, 0.717) is 5.69 Å². The molecule has 0 aliphatic carbocycles. The van der Waals surface area contributed by atoms with Gasteiger partial charge >= 0.3 is 0 Å². The zero-order valence-electron chi connectivity index (χ0n) is 12.0. The summed E-state index contributed by atoms with van der Waals surface area (Å²) in [5.74, 6) is -1.01. The lowest BCUT2D eigenvalue weighted by molar-refractivity contribution is 0.0946. The fourth-order valence-electron chi connectivity index (χ4n) is 2.20. The van der Waals surface area contributed by atoms with Gasteiger partial charge in [0.25, 0.3) is 5.91 Å². The molecule has 0 fully saturated rings. The lowest BCUT2D eigenvalue weighted by Gasteiger charge is -2.08. The van der Waals surface area contributed by atoms with E-state index >= 15 is 0 Å². The van der Waals surface area contributed by atoms with Crippen molar-refractivity contribution < 1.29 is 9.18 Å². The van der Waals surface area contributed by atoms with E-state index in [9.17, 15) is 9.18 Å². The molecule has 0 unspecified atom stereocenters. The highest BCUT2D eigenvalue weighted by Gasteiger charge is 2.12. The Kier molecular flexibility index (Phi) is 3.78. The van der Waals surface area contributed by atoms with Crippen molar-refractivity contribution in [2.45, 2.75) is 13.5 Å². The number of carbonyl (C=O) groups is 1. The van der Waals surface area contributed by atoms with Crippen molar-refractivity contribution in [3.63, 3.8) is 0 Å². The summed E-state index contributed by atoms with van der Waals surface area (Å²) >= 11 is 0. The predicted molar refractivity (Wildman–Crippen MR) is 81.8 cm³/mol. The number of hydrogen-bond donors (Lipinski definition) is 1. The molecule has 0 aliphatic rings. The van der Waals surface area contributed by atoms with Crippen molar-refractivity contribution in [3.05, 3.63) is 71.3 Å². The molecule has 3 aromatic rings. The highest BCUT2D eigenvalue weighted by atomic mass is 19.1. The van der Waals surface area contributed by atoms with E-state index in [-0.39, 0.29) is 12.1 Å². The van der Waals surface area contributed by atoms with Crippen LogP contribution < -0.4 is 5.32 Å². The van der Waals surface area contributed by atoms with Gasteiger partial charge in [0.15, 0.2) is 0 Å². The number of amides is 1. The second-order valence-electron chi connectivity index (χ2n) is 4.91. The van der Waals surface area contributed by atoms with E-state index < -0.39 is 11.7 Å². The molecule has 1 heterocycles. The molecule has 3 rings (SSSR count). The number of carbonyl (C=O) groups excluding carboxylic acids is 1. The minimum Gasteiger partial charge on any atom is -0.346 e. The molecule has 0 radical (unpaired) electrons. The lowest BCUT2D eigenvalue weighted by Crippen LogP contribution is -2.25. The van der Waals surface area contributed by atoms with Crippen LogP contribution in [0.5, 0.6) is 0 Å². The number of nitrogens with one attached hydrogen (secondary N) is 1. The van der Waals surface area contributed by atoms with Gasteiger partial charge in [0, 0.05) is 0 Å². The molecule has 110 valence electrons. The Balaban J connectivity index is 1.80. The molecular weight excluding hydrogens is 281 g/mol. The van der Waals surface area contributed by atoms with E-state index in [2.05, 4.69) is 15.3 Å². The molecule has 4 nitrogen and oxygen atoms in total. The highest BCUT2D eigenvalue weighted by molar-refractivity contribution is 5.94. The zero-order valence-corrected chi connectivity index (χ0v) is 12.0. The van der Waals surface area contributed by atoms with Gasteiger partial charge in [0.05, 0.1) is 34.5 Å². The molecule has 22 heavy (non-hydrogen) atoms. The Morgan fingerprint density at radius 2 is 1.68 bits per heavy atom. The number of aromatic nitrogens is 2. The third kappa shape index (κ3) is 2.79. The van der Waals surface area contributed by atoms with E-state index in [1.807, 2.05) is 31.2 Å². The second-order valence-corrected chi connectivity index (χ2v) is 4.91. The van der Waals surface area contributed by atoms with Gasteiger partial charge < -0.3 is 5.32 Å². The maximum Gasteiger partial charge on any atom is 0.254 e. The van der Waals surface area contributed by atoms with Gasteiger partial charge in [-0.15, -0.1) is 0 Å². The average Bonchev–Trinajstić information content (AvgIpc) is 2.53. The molecule has 5 heteroatoms. The fraction of sp³-hybridized carbons (Fsp3) is 0.118. The smallest absolute Gasteiger partial charge is 0.254 e. The summed E-state index contributed by atoms with van der Waals surface area (Å²) < 4.78 is 13.6. The number of nitrogens with zero attached hydrogens (tertiary/aromatic N) is 2. The zero-order chi connectivity index (χ0) is 15.5. The van der Waals surface area contributed by atoms with Gasteiger partial charge in [-0.3, -0.25) is 4.79 Å². The molecule has 0 saturated carbocycles.